The van der Waals surface area contributed by atoms with E-state index in [1.54, 1.807) is 21.6 Å². The molecule has 16 heavy (non-hydrogen) atoms. The average molecular weight is 230 g/mol. The minimum absolute atomic E-state index is 0.708. The van der Waals surface area contributed by atoms with E-state index in [2.05, 4.69) is 32.1 Å². The Morgan fingerprint density at radius 1 is 1.25 bits per heavy atom. The Morgan fingerprint density at radius 2 is 2.12 bits per heavy atom. The maximum Gasteiger partial charge on any atom is 0.0183 e. The first kappa shape index (κ1) is 10.3. The van der Waals surface area contributed by atoms with Gasteiger partial charge in [-0.3, -0.25) is 0 Å². The lowest BCUT2D eigenvalue weighted by atomic mass is 9.83. The molecule has 1 aromatic rings. The summed E-state index contributed by atoms with van der Waals surface area (Å²) in [6.07, 6.45) is 7.76. The van der Waals surface area contributed by atoms with Crippen molar-refractivity contribution < 1.29 is 0 Å². The van der Waals surface area contributed by atoms with Crippen molar-refractivity contribution in [3.8, 4) is 0 Å². The highest BCUT2D eigenvalue weighted by Crippen LogP contribution is 2.45. The Balaban J connectivity index is 1.98. The smallest absolute Gasteiger partial charge is 0.0183 e. The topological polar surface area (TPSA) is 0 Å². The van der Waals surface area contributed by atoms with Gasteiger partial charge in [-0.2, -0.15) is 0 Å². The number of rotatable bonds is 1. The zero-order valence-corrected chi connectivity index (χ0v) is 10.9. The van der Waals surface area contributed by atoms with E-state index in [1.165, 1.54) is 30.6 Å². The van der Waals surface area contributed by atoms with Crippen LogP contribution in [0.1, 0.15) is 48.3 Å². The van der Waals surface area contributed by atoms with E-state index < -0.39 is 0 Å². The minimum atomic E-state index is 0.708. The van der Waals surface area contributed by atoms with Gasteiger partial charge in [-0.15, -0.1) is 11.3 Å². The summed E-state index contributed by atoms with van der Waals surface area (Å²) >= 11 is 1.98. The zero-order chi connectivity index (χ0) is 11.1. The monoisotopic (exact) mass is 230 g/mol. The van der Waals surface area contributed by atoms with Gasteiger partial charge in [0.15, 0.2) is 0 Å². The third kappa shape index (κ3) is 1.67. The lowest BCUT2D eigenvalue weighted by Gasteiger charge is -2.23. The third-order valence-corrected chi connectivity index (χ3v) is 4.87. The largest absolute Gasteiger partial charge is 0.145 e. The summed E-state index contributed by atoms with van der Waals surface area (Å²) in [5.74, 6) is 0.708. The molecule has 1 unspecified atom stereocenters. The van der Waals surface area contributed by atoms with Crippen molar-refractivity contribution in [2.75, 3.05) is 0 Å². The van der Waals surface area contributed by atoms with Crippen LogP contribution in [-0.4, -0.2) is 0 Å². The molecule has 0 radical (unpaired) electrons. The predicted octanol–water partition coefficient (Wildman–Crippen LogP) is 4.97. The summed E-state index contributed by atoms with van der Waals surface area (Å²) in [6, 6.07) is 4.60. The van der Waals surface area contributed by atoms with Crippen LogP contribution < -0.4 is 0 Å². The number of hydrogen-bond acceptors (Lipinski definition) is 1. The molecule has 0 amide bonds. The highest BCUT2D eigenvalue weighted by atomic mass is 32.1. The first-order valence-electron chi connectivity index (χ1n) is 6.19. The number of allylic oxidation sites excluding steroid dienone is 4. The Hall–Kier alpha value is -0.820. The summed E-state index contributed by atoms with van der Waals surface area (Å²) in [4.78, 5) is 3.03. The van der Waals surface area contributed by atoms with Gasteiger partial charge in [-0.05, 0) is 57.2 Å². The fourth-order valence-corrected chi connectivity index (χ4v) is 4.08. The molecule has 3 rings (SSSR count). The second kappa shape index (κ2) is 3.89. The van der Waals surface area contributed by atoms with Crippen molar-refractivity contribution >= 4 is 11.3 Å². The molecule has 1 atom stereocenters. The molecule has 1 heterocycles. The molecule has 1 heteroatoms. The summed E-state index contributed by atoms with van der Waals surface area (Å²) < 4.78 is 0. The lowest BCUT2D eigenvalue weighted by molar-refractivity contribution is 0.618. The maximum atomic E-state index is 2.45. The highest BCUT2D eigenvalue weighted by Gasteiger charge is 2.27. The van der Waals surface area contributed by atoms with Gasteiger partial charge in [-0.25, -0.2) is 0 Å². The Morgan fingerprint density at radius 3 is 2.88 bits per heavy atom. The summed E-state index contributed by atoms with van der Waals surface area (Å²) in [5.41, 5.74) is 4.94. The number of thiophene rings is 1. The van der Waals surface area contributed by atoms with Crippen molar-refractivity contribution in [3.63, 3.8) is 0 Å². The molecule has 0 aromatic carbocycles. The van der Waals surface area contributed by atoms with Crippen LogP contribution in [0.5, 0.6) is 0 Å². The molecule has 0 N–H and O–H groups in total. The van der Waals surface area contributed by atoms with Gasteiger partial charge in [0.1, 0.15) is 0 Å². The predicted molar refractivity (Wildman–Crippen MR) is 71.0 cm³/mol. The Kier molecular flexibility index (Phi) is 2.51. The number of aryl methyl sites for hydroxylation is 1. The first-order chi connectivity index (χ1) is 7.74. The molecule has 0 spiro atoms. The standard InChI is InChI=1S/C15H18S/c1-10-8-12-4-3-5-13(14(12)9-10)15-7-6-11(2)16-15/h6-7,9,13H,3-5,8H2,1-2H3. The number of hydrogen-bond donors (Lipinski definition) is 0. The van der Waals surface area contributed by atoms with E-state index in [0.717, 1.165) is 0 Å². The Labute approximate surface area is 102 Å². The van der Waals surface area contributed by atoms with E-state index in [1.807, 2.05) is 11.3 Å². The van der Waals surface area contributed by atoms with Crippen molar-refractivity contribution in [1.29, 1.82) is 0 Å². The van der Waals surface area contributed by atoms with Crippen LogP contribution in [0.3, 0.4) is 0 Å². The van der Waals surface area contributed by atoms with Gasteiger partial charge < -0.3 is 0 Å². The third-order valence-electron chi connectivity index (χ3n) is 3.75. The quantitative estimate of drug-likeness (QED) is 0.639. The van der Waals surface area contributed by atoms with Crippen molar-refractivity contribution in [2.24, 2.45) is 0 Å². The Bertz CT molecular complexity index is 473. The van der Waals surface area contributed by atoms with Crippen LogP contribution in [0.25, 0.3) is 0 Å². The average Bonchev–Trinajstić information content (AvgIpc) is 2.82. The van der Waals surface area contributed by atoms with E-state index in [-0.39, 0.29) is 0 Å². The highest BCUT2D eigenvalue weighted by molar-refractivity contribution is 7.12. The van der Waals surface area contributed by atoms with Crippen molar-refractivity contribution in [1.82, 2.24) is 0 Å². The molecule has 0 bridgehead atoms. The van der Waals surface area contributed by atoms with Crippen LogP contribution in [0.2, 0.25) is 0 Å². The van der Waals surface area contributed by atoms with E-state index >= 15 is 0 Å². The second-order valence-electron chi connectivity index (χ2n) is 5.12. The van der Waals surface area contributed by atoms with Crippen molar-refractivity contribution in [2.45, 2.75) is 45.4 Å². The fraction of sp³-hybridized carbons (Fsp3) is 0.467. The molecule has 0 saturated carbocycles. The molecule has 2 aliphatic rings. The molecule has 0 nitrogen and oxygen atoms in total. The molecule has 0 aliphatic heterocycles. The van der Waals surface area contributed by atoms with Crippen LogP contribution >= 0.6 is 11.3 Å². The van der Waals surface area contributed by atoms with Gasteiger partial charge in [0, 0.05) is 15.7 Å². The van der Waals surface area contributed by atoms with Gasteiger partial charge in [0.05, 0.1) is 0 Å². The molecular formula is C15H18S. The summed E-state index contributed by atoms with van der Waals surface area (Å²) in [6.45, 7) is 4.48. The first-order valence-corrected chi connectivity index (χ1v) is 7.01. The minimum Gasteiger partial charge on any atom is -0.145 e. The SMILES string of the molecule is CC1=CC2=C(CCCC2c2ccc(C)s2)C1. The van der Waals surface area contributed by atoms with E-state index in [9.17, 15) is 0 Å². The van der Waals surface area contributed by atoms with Crippen molar-refractivity contribution in [3.05, 3.63) is 44.7 Å². The molecule has 84 valence electrons. The van der Waals surface area contributed by atoms with E-state index in [0.29, 0.717) is 5.92 Å². The normalized spacial score (nSPS) is 24.6. The van der Waals surface area contributed by atoms with Gasteiger partial charge in [-0.1, -0.05) is 17.2 Å². The van der Waals surface area contributed by atoms with Crippen LogP contribution in [-0.2, 0) is 0 Å². The molecule has 0 saturated heterocycles. The second-order valence-corrected chi connectivity index (χ2v) is 6.44. The van der Waals surface area contributed by atoms with Gasteiger partial charge >= 0.3 is 0 Å². The van der Waals surface area contributed by atoms with Crippen LogP contribution in [0, 0.1) is 6.92 Å². The maximum absolute atomic E-state index is 2.45. The lowest BCUT2D eigenvalue weighted by Crippen LogP contribution is -2.06. The van der Waals surface area contributed by atoms with E-state index in [4.69, 9.17) is 0 Å². The fourth-order valence-electron chi connectivity index (χ4n) is 3.05. The van der Waals surface area contributed by atoms with Crippen LogP contribution in [0.4, 0.5) is 0 Å². The summed E-state index contributed by atoms with van der Waals surface area (Å²) in [5, 5.41) is 0. The van der Waals surface area contributed by atoms with Crippen LogP contribution in [0.15, 0.2) is 34.9 Å². The molecule has 1 aromatic heterocycles. The molecular weight excluding hydrogens is 212 g/mol. The molecule has 2 aliphatic carbocycles. The van der Waals surface area contributed by atoms with Gasteiger partial charge in [0.25, 0.3) is 0 Å². The zero-order valence-electron chi connectivity index (χ0n) is 10.0. The molecule has 0 fully saturated rings. The van der Waals surface area contributed by atoms with Gasteiger partial charge in [0.2, 0.25) is 0 Å². The summed E-state index contributed by atoms with van der Waals surface area (Å²) in [7, 11) is 0.